The Morgan fingerprint density at radius 1 is 1.18 bits per heavy atom. The molecule has 0 aliphatic carbocycles. The van der Waals surface area contributed by atoms with Gasteiger partial charge in [-0.1, -0.05) is 37.6 Å². The minimum Gasteiger partial charge on any atom is -0.493 e. The molecule has 34 heavy (non-hydrogen) atoms. The molecule has 1 heterocycles. The van der Waals surface area contributed by atoms with Crippen LogP contribution in [0.5, 0.6) is 11.5 Å². The highest BCUT2D eigenvalue weighted by atomic mass is 35.5. The first-order chi connectivity index (χ1) is 15.8. The normalized spacial score (nSPS) is 18.1. The molecule has 1 aliphatic rings. The highest BCUT2D eigenvalue weighted by Crippen LogP contribution is 2.40. The summed E-state index contributed by atoms with van der Waals surface area (Å²) >= 11 is 12.1. The van der Waals surface area contributed by atoms with Crippen LogP contribution in [-0.2, 0) is 15.4 Å². The summed E-state index contributed by atoms with van der Waals surface area (Å²) in [5, 5.41) is 9.97. The first-order valence-corrected chi connectivity index (χ1v) is 13.7. The number of benzene rings is 2. The fourth-order valence-corrected chi connectivity index (χ4v) is 6.03. The third-order valence-electron chi connectivity index (χ3n) is 6.66. The minimum atomic E-state index is -3.22. The summed E-state index contributed by atoms with van der Waals surface area (Å²) in [4.78, 5) is 0. The molecule has 0 bridgehead atoms. The quantitative estimate of drug-likeness (QED) is 0.421. The monoisotopic (exact) mass is 524 g/mol. The van der Waals surface area contributed by atoms with Crippen LogP contribution in [0.1, 0.15) is 44.4 Å². The molecule has 1 fully saturated rings. The largest absolute Gasteiger partial charge is 0.493 e. The molecule has 0 N–H and O–H groups in total. The van der Waals surface area contributed by atoms with E-state index in [1.165, 1.54) is 10.6 Å². The molecule has 1 saturated heterocycles. The van der Waals surface area contributed by atoms with Gasteiger partial charge in [0.1, 0.15) is 18.4 Å². The molecule has 0 radical (unpaired) electrons. The molecule has 1 aliphatic heterocycles. The molecule has 0 spiro atoms. The Bertz CT molecular complexity index is 1190. The van der Waals surface area contributed by atoms with E-state index < -0.39 is 21.0 Å². The minimum absolute atomic E-state index is 0.115. The molecule has 1 atom stereocenters. The molecule has 2 aromatic rings. The summed E-state index contributed by atoms with van der Waals surface area (Å²) in [7, 11) is -3.22. The average Bonchev–Trinajstić information content (AvgIpc) is 2.76. The zero-order valence-electron chi connectivity index (χ0n) is 20.1. The van der Waals surface area contributed by atoms with Crippen molar-refractivity contribution in [1.82, 2.24) is 4.31 Å². The van der Waals surface area contributed by atoms with Gasteiger partial charge in [-0.3, -0.25) is 0 Å². The van der Waals surface area contributed by atoms with Crippen molar-refractivity contribution in [2.45, 2.75) is 38.6 Å². The molecule has 3 rings (SSSR count). The van der Waals surface area contributed by atoms with Crippen LogP contribution >= 0.6 is 23.2 Å². The summed E-state index contributed by atoms with van der Waals surface area (Å²) < 4.78 is 36.8. The summed E-state index contributed by atoms with van der Waals surface area (Å²) in [5.74, 6) is 1.48. The van der Waals surface area contributed by atoms with Crippen LogP contribution in [0.15, 0.2) is 36.4 Å². The third-order valence-corrected chi connectivity index (χ3v) is 8.52. The van der Waals surface area contributed by atoms with E-state index >= 15 is 0 Å². The van der Waals surface area contributed by atoms with Gasteiger partial charge in [-0.05, 0) is 49.2 Å². The Morgan fingerprint density at radius 3 is 2.35 bits per heavy atom. The van der Waals surface area contributed by atoms with E-state index in [1.807, 2.05) is 44.2 Å². The molecular formula is C25H30Cl2N2O4S. The van der Waals surface area contributed by atoms with Gasteiger partial charge in [-0.2, -0.15) is 9.57 Å². The van der Waals surface area contributed by atoms with E-state index in [0.29, 0.717) is 41.1 Å². The van der Waals surface area contributed by atoms with Gasteiger partial charge in [0.15, 0.2) is 5.75 Å². The van der Waals surface area contributed by atoms with Gasteiger partial charge in [-0.25, -0.2) is 8.42 Å². The number of sulfonamides is 1. The second-order valence-electron chi connectivity index (χ2n) is 9.59. The smallest absolute Gasteiger partial charge is 0.211 e. The lowest BCUT2D eigenvalue weighted by molar-refractivity contribution is -0.00805. The third kappa shape index (κ3) is 5.31. The Kier molecular flexibility index (Phi) is 7.79. The van der Waals surface area contributed by atoms with Crippen molar-refractivity contribution in [3.8, 4) is 17.6 Å². The van der Waals surface area contributed by atoms with Crippen LogP contribution in [0.2, 0.25) is 5.02 Å². The zero-order valence-corrected chi connectivity index (χ0v) is 22.4. The Hall–Kier alpha value is -1.98. The highest BCUT2D eigenvalue weighted by Gasteiger charge is 2.51. The predicted molar refractivity (Wildman–Crippen MR) is 136 cm³/mol. The molecular weight excluding hydrogens is 495 g/mol. The number of rotatable bonds is 9. The number of nitrogens with zero attached hydrogens (tertiary/aromatic N) is 2. The van der Waals surface area contributed by atoms with Crippen molar-refractivity contribution < 1.29 is 17.9 Å². The molecule has 6 nitrogen and oxygen atoms in total. The van der Waals surface area contributed by atoms with Crippen molar-refractivity contribution in [1.29, 1.82) is 5.26 Å². The molecule has 2 aromatic carbocycles. The Morgan fingerprint density at radius 2 is 1.82 bits per heavy atom. The lowest BCUT2D eigenvalue weighted by Crippen LogP contribution is -2.66. The van der Waals surface area contributed by atoms with E-state index in [4.69, 9.17) is 32.7 Å². The van der Waals surface area contributed by atoms with Crippen LogP contribution in [0, 0.1) is 17.2 Å². The SMILES string of the molecule is CC(C)(c1ccc(OCC2CN(S(C)(=O)=O)C2(C)C)cc1)c1cc(Cl)c(OCCCl)c(C#N)c1. The molecule has 0 aromatic heterocycles. The van der Waals surface area contributed by atoms with Crippen LogP contribution in [0.25, 0.3) is 0 Å². The van der Waals surface area contributed by atoms with E-state index in [1.54, 1.807) is 6.07 Å². The molecule has 184 valence electrons. The first kappa shape index (κ1) is 26.6. The lowest BCUT2D eigenvalue weighted by atomic mass is 9.77. The summed E-state index contributed by atoms with van der Waals surface area (Å²) in [6, 6.07) is 13.6. The van der Waals surface area contributed by atoms with Gasteiger partial charge >= 0.3 is 0 Å². The number of hydrogen-bond acceptors (Lipinski definition) is 5. The van der Waals surface area contributed by atoms with Crippen molar-refractivity contribution >= 4 is 33.2 Å². The molecule has 0 amide bonds. The van der Waals surface area contributed by atoms with Gasteiger partial charge in [0.05, 0.1) is 29.3 Å². The Balaban J connectivity index is 1.73. The van der Waals surface area contributed by atoms with E-state index in [2.05, 4.69) is 19.9 Å². The molecule has 0 saturated carbocycles. The number of halogens is 2. The fourth-order valence-electron chi connectivity index (χ4n) is 4.23. The summed E-state index contributed by atoms with van der Waals surface area (Å²) in [6.45, 7) is 9.13. The Labute approximate surface area is 212 Å². The van der Waals surface area contributed by atoms with E-state index in [0.717, 1.165) is 11.1 Å². The van der Waals surface area contributed by atoms with Crippen molar-refractivity contribution in [2.24, 2.45) is 5.92 Å². The van der Waals surface area contributed by atoms with Gasteiger partial charge in [0.2, 0.25) is 10.0 Å². The predicted octanol–water partition coefficient (Wildman–Crippen LogP) is 5.20. The second-order valence-corrected chi connectivity index (χ2v) is 12.3. The number of ether oxygens (including phenoxy) is 2. The maximum Gasteiger partial charge on any atom is 0.211 e. The number of alkyl halides is 1. The van der Waals surface area contributed by atoms with E-state index in [9.17, 15) is 13.7 Å². The van der Waals surface area contributed by atoms with Crippen LogP contribution in [0.3, 0.4) is 0 Å². The first-order valence-electron chi connectivity index (χ1n) is 11.0. The van der Waals surface area contributed by atoms with Crippen LogP contribution < -0.4 is 9.47 Å². The maximum atomic E-state index is 11.9. The summed E-state index contributed by atoms with van der Waals surface area (Å²) in [5.41, 5.74) is 1.39. The average molecular weight is 525 g/mol. The van der Waals surface area contributed by atoms with Crippen LogP contribution in [-0.4, -0.2) is 50.2 Å². The van der Waals surface area contributed by atoms with Crippen molar-refractivity contribution in [2.75, 3.05) is 31.9 Å². The van der Waals surface area contributed by atoms with Crippen molar-refractivity contribution in [3.05, 3.63) is 58.1 Å². The van der Waals surface area contributed by atoms with Gasteiger partial charge in [-0.15, -0.1) is 11.6 Å². The second kappa shape index (κ2) is 9.94. The van der Waals surface area contributed by atoms with Crippen LogP contribution in [0.4, 0.5) is 0 Å². The highest BCUT2D eigenvalue weighted by molar-refractivity contribution is 7.88. The van der Waals surface area contributed by atoms with Crippen molar-refractivity contribution in [3.63, 3.8) is 0 Å². The van der Waals surface area contributed by atoms with Gasteiger partial charge < -0.3 is 9.47 Å². The molecule has 1 unspecified atom stereocenters. The zero-order chi connectivity index (χ0) is 25.3. The topological polar surface area (TPSA) is 79.6 Å². The standard InChI is InChI=1S/C25H30Cl2N2O4S/c1-24(2,19-12-17(14-28)23(22(27)13-19)32-11-10-26)18-6-8-21(9-7-18)33-16-20-15-29(25(20,3)4)34(5,30)31/h6-9,12-13,20H,10-11,15-16H2,1-5H3. The summed E-state index contributed by atoms with van der Waals surface area (Å²) in [6.07, 6.45) is 1.24. The number of nitriles is 1. The molecule has 9 heteroatoms. The van der Waals surface area contributed by atoms with Gasteiger partial charge in [0, 0.05) is 23.4 Å². The lowest BCUT2D eigenvalue weighted by Gasteiger charge is -2.53. The number of hydrogen-bond donors (Lipinski definition) is 0. The maximum absolute atomic E-state index is 11.9. The fraction of sp³-hybridized carbons (Fsp3) is 0.480. The van der Waals surface area contributed by atoms with E-state index in [-0.39, 0.29) is 12.5 Å². The van der Waals surface area contributed by atoms with Gasteiger partial charge in [0.25, 0.3) is 0 Å².